The fourth-order valence-corrected chi connectivity index (χ4v) is 4.61. The van der Waals surface area contributed by atoms with Gasteiger partial charge in [0.15, 0.2) is 0 Å². The van der Waals surface area contributed by atoms with Gasteiger partial charge in [0.2, 0.25) is 0 Å². The van der Waals surface area contributed by atoms with Crippen LogP contribution in [-0.2, 0) is 32.2 Å². The SMILES string of the molecule is CN(Cc1ccccc1)CC(O)c1c2c(cc3c1CCC3)CCC2. The summed E-state index contributed by atoms with van der Waals surface area (Å²) < 4.78 is 0. The summed E-state index contributed by atoms with van der Waals surface area (Å²) in [5.74, 6) is 0. The second-order valence-electron chi connectivity index (χ2n) is 7.47. The first kappa shape index (κ1) is 15.9. The molecule has 1 atom stereocenters. The van der Waals surface area contributed by atoms with Crippen LogP contribution in [-0.4, -0.2) is 23.6 Å². The van der Waals surface area contributed by atoms with Crippen LogP contribution in [0, 0.1) is 0 Å². The molecule has 2 heteroatoms. The third-order valence-corrected chi connectivity index (χ3v) is 5.63. The molecule has 0 aliphatic heterocycles. The Morgan fingerprint density at radius 3 is 2.21 bits per heavy atom. The molecule has 2 aliphatic rings. The minimum Gasteiger partial charge on any atom is -0.387 e. The van der Waals surface area contributed by atoms with Crippen molar-refractivity contribution in [2.75, 3.05) is 13.6 Å². The maximum absolute atomic E-state index is 11.1. The summed E-state index contributed by atoms with van der Waals surface area (Å²) in [6.45, 7) is 1.59. The van der Waals surface area contributed by atoms with Gasteiger partial charge in [-0.3, -0.25) is 4.90 Å². The average Bonchev–Trinajstić information content (AvgIpc) is 3.21. The van der Waals surface area contributed by atoms with E-state index in [1.165, 1.54) is 59.1 Å². The van der Waals surface area contributed by atoms with Crippen molar-refractivity contribution in [3.8, 4) is 0 Å². The molecular weight excluding hydrogens is 294 g/mol. The van der Waals surface area contributed by atoms with Crippen molar-refractivity contribution in [3.63, 3.8) is 0 Å². The van der Waals surface area contributed by atoms with Gasteiger partial charge in [-0.05, 0) is 79.0 Å². The van der Waals surface area contributed by atoms with Gasteiger partial charge in [-0.15, -0.1) is 0 Å². The van der Waals surface area contributed by atoms with Gasteiger partial charge >= 0.3 is 0 Å². The number of aliphatic hydroxyl groups is 1. The molecule has 0 radical (unpaired) electrons. The molecule has 4 rings (SSSR count). The topological polar surface area (TPSA) is 23.5 Å². The minimum atomic E-state index is -0.362. The van der Waals surface area contributed by atoms with Gasteiger partial charge in [-0.25, -0.2) is 0 Å². The lowest BCUT2D eigenvalue weighted by Crippen LogP contribution is -2.25. The van der Waals surface area contributed by atoms with Crippen LogP contribution in [0.2, 0.25) is 0 Å². The fourth-order valence-electron chi connectivity index (χ4n) is 4.61. The Morgan fingerprint density at radius 1 is 0.958 bits per heavy atom. The summed E-state index contributed by atoms with van der Waals surface area (Å²) in [6.07, 6.45) is 6.83. The fraction of sp³-hybridized carbons (Fsp3) is 0.455. The Balaban J connectivity index is 1.55. The van der Waals surface area contributed by atoms with Crippen LogP contribution < -0.4 is 0 Å². The van der Waals surface area contributed by atoms with Gasteiger partial charge in [0.05, 0.1) is 6.10 Å². The van der Waals surface area contributed by atoms with Crippen molar-refractivity contribution >= 4 is 0 Å². The van der Waals surface area contributed by atoms with Gasteiger partial charge in [-0.2, -0.15) is 0 Å². The largest absolute Gasteiger partial charge is 0.387 e. The van der Waals surface area contributed by atoms with Crippen LogP contribution in [0.5, 0.6) is 0 Å². The van der Waals surface area contributed by atoms with E-state index in [1.54, 1.807) is 0 Å². The summed E-state index contributed by atoms with van der Waals surface area (Å²) in [4.78, 5) is 2.25. The number of hydrogen-bond donors (Lipinski definition) is 1. The monoisotopic (exact) mass is 321 g/mol. The lowest BCUT2D eigenvalue weighted by molar-refractivity contribution is 0.122. The first-order valence-electron chi connectivity index (χ1n) is 9.29. The molecule has 2 aliphatic carbocycles. The molecule has 0 saturated heterocycles. The molecule has 1 N–H and O–H groups in total. The summed E-state index contributed by atoms with van der Waals surface area (Å²) in [7, 11) is 2.11. The summed E-state index contributed by atoms with van der Waals surface area (Å²) >= 11 is 0. The molecule has 1 unspecified atom stereocenters. The number of aryl methyl sites for hydroxylation is 2. The number of rotatable bonds is 5. The van der Waals surface area contributed by atoms with E-state index in [0.29, 0.717) is 6.54 Å². The quantitative estimate of drug-likeness (QED) is 0.905. The number of likely N-dealkylation sites (N-methyl/N-ethyl adjacent to an activating group) is 1. The third kappa shape index (κ3) is 3.01. The van der Waals surface area contributed by atoms with E-state index < -0.39 is 0 Å². The van der Waals surface area contributed by atoms with Crippen LogP contribution >= 0.6 is 0 Å². The predicted octanol–water partition coefficient (Wildman–Crippen LogP) is 3.83. The molecular formula is C22H27NO. The zero-order chi connectivity index (χ0) is 16.5. The molecule has 2 aromatic rings. The van der Waals surface area contributed by atoms with E-state index in [4.69, 9.17) is 0 Å². The highest BCUT2D eigenvalue weighted by Crippen LogP contribution is 2.38. The Bertz CT molecular complexity index is 690. The summed E-state index contributed by atoms with van der Waals surface area (Å²) in [5.41, 5.74) is 8.55. The van der Waals surface area contributed by atoms with Crippen molar-refractivity contribution in [1.29, 1.82) is 0 Å². The van der Waals surface area contributed by atoms with E-state index in [-0.39, 0.29) is 6.10 Å². The highest BCUT2D eigenvalue weighted by molar-refractivity contribution is 5.51. The number of aliphatic hydroxyl groups excluding tert-OH is 1. The highest BCUT2D eigenvalue weighted by atomic mass is 16.3. The van der Waals surface area contributed by atoms with Crippen LogP contribution in [0.3, 0.4) is 0 Å². The van der Waals surface area contributed by atoms with Crippen LogP contribution in [0.4, 0.5) is 0 Å². The third-order valence-electron chi connectivity index (χ3n) is 5.63. The Kier molecular flexibility index (Phi) is 4.43. The van der Waals surface area contributed by atoms with Crippen LogP contribution in [0.25, 0.3) is 0 Å². The molecule has 2 aromatic carbocycles. The maximum atomic E-state index is 11.1. The van der Waals surface area contributed by atoms with E-state index in [0.717, 1.165) is 19.4 Å². The van der Waals surface area contributed by atoms with Gasteiger partial charge in [0.25, 0.3) is 0 Å². The maximum Gasteiger partial charge on any atom is 0.0922 e. The van der Waals surface area contributed by atoms with Gasteiger partial charge in [0, 0.05) is 13.1 Å². The summed E-state index contributed by atoms with van der Waals surface area (Å²) in [6, 6.07) is 13.0. The van der Waals surface area contributed by atoms with Crippen molar-refractivity contribution < 1.29 is 5.11 Å². The average molecular weight is 321 g/mol. The Labute approximate surface area is 145 Å². The molecule has 0 heterocycles. The predicted molar refractivity (Wildman–Crippen MR) is 98.2 cm³/mol. The Morgan fingerprint density at radius 2 is 1.58 bits per heavy atom. The number of fused-ring (bicyclic) bond motifs is 2. The second-order valence-corrected chi connectivity index (χ2v) is 7.47. The van der Waals surface area contributed by atoms with E-state index in [2.05, 4.69) is 48.3 Å². The van der Waals surface area contributed by atoms with Crippen molar-refractivity contribution in [2.45, 2.75) is 51.2 Å². The van der Waals surface area contributed by atoms with E-state index in [9.17, 15) is 5.11 Å². The van der Waals surface area contributed by atoms with Crippen molar-refractivity contribution in [2.24, 2.45) is 0 Å². The first-order chi connectivity index (χ1) is 11.7. The highest BCUT2D eigenvalue weighted by Gasteiger charge is 2.27. The molecule has 2 nitrogen and oxygen atoms in total. The first-order valence-corrected chi connectivity index (χ1v) is 9.29. The van der Waals surface area contributed by atoms with E-state index in [1.807, 2.05) is 0 Å². The standard InChI is InChI=1S/C22H27NO/c1-23(14-16-7-3-2-4-8-16)15-21(24)22-19-11-5-9-17(19)13-18-10-6-12-20(18)22/h2-4,7-8,13,21,24H,5-6,9-12,14-15H2,1H3. The lowest BCUT2D eigenvalue weighted by Gasteiger charge is -2.25. The minimum absolute atomic E-state index is 0.362. The molecule has 0 spiro atoms. The van der Waals surface area contributed by atoms with E-state index >= 15 is 0 Å². The zero-order valence-corrected chi connectivity index (χ0v) is 14.6. The molecule has 126 valence electrons. The molecule has 0 aromatic heterocycles. The number of benzene rings is 2. The molecule has 0 saturated carbocycles. The number of hydrogen-bond acceptors (Lipinski definition) is 2. The lowest BCUT2D eigenvalue weighted by atomic mass is 9.90. The molecule has 0 bridgehead atoms. The van der Waals surface area contributed by atoms with Gasteiger partial charge < -0.3 is 5.11 Å². The molecule has 0 amide bonds. The van der Waals surface area contributed by atoms with Crippen molar-refractivity contribution in [3.05, 3.63) is 69.8 Å². The van der Waals surface area contributed by atoms with Crippen LogP contribution in [0.15, 0.2) is 36.4 Å². The summed E-state index contributed by atoms with van der Waals surface area (Å²) in [5, 5.41) is 11.1. The van der Waals surface area contributed by atoms with Crippen molar-refractivity contribution in [1.82, 2.24) is 4.90 Å². The van der Waals surface area contributed by atoms with Gasteiger partial charge in [-0.1, -0.05) is 36.4 Å². The molecule has 0 fully saturated rings. The Hall–Kier alpha value is -1.64. The van der Waals surface area contributed by atoms with Gasteiger partial charge in [0.1, 0.15) is 0 Å². The second kappa shape index (κ2) is 6.70. The smallest absolute Gasteiger partial charge is 0.0922 e. The van der Waals surface area contributed by atoms with Crippen LogP contribution in [0.1, 0.15) is 52.3 Å². The molecule has 24 heavy (non-hydrogen) atoms. The number of nitrogens with zero attached hydrogens (tertiary/aromatic N) is 1. The zero-order valence-electron chi connectivity index (χ0n) is 14.6. The normalized spacial score (nSPS) is 17.1.